The van der Waals surface area contributed by atoms with Crippen LogP contribution in [0.15, 0.2) is 76.1 Å². The normalized spacial score (nSPS) is 10.5. The van der Waals surface area contributed by atoms with Gasteiger partial charge in [-0.05, 0) is 36.4 Å². The number of ether oxygens (including phenoxy) is 1. The van der Waals surface area contributed by atoms with Crippen molar-refractivity contribution in [3.63, 3.8) is 0 Å². The molecule has 0 bridgehead atoms. The van der Waals surface area contributed by atoms with E-state index in [2.05, 4.69) is 9.97 Å². The third-order valence-corrected chi connectivity index (χ3v) is 3.92. The number of nitrogens with zero attached hydrogens (tertiary/aromatic N) is 2. The van der Waals surface area contributed by atoms with Crippen LogP contribution in [-0.4, -0.2) is 9.97 Å². The first-order chi connectivity index (χ1) is 15.4. The number of fused-ring (bicyclic) bond motifs is 1. The van der Waals surface area contributed by atoms with Gasteiger partial charge in [-0.25, -0.2) is 14.8 Å². The smallest absolute Gasteiger partial charge is 0.417 e. The van der Waals surface area contributed by atoms with Gasteiger partial charge in [-0.15, -0.1) is 0 Å². The van der Waals surface area contributed by atoms with E-state index in [0.717, 1.165) is 6.07 Å². The molecule has 0 fully saturated rings. The topological polar surface area (TPSA) is 65.2 Å². The van der Waals surface area contributed by atoms with E-state index in [9.17, 15) is 18.0 Å². The Morgan fingerprint density at radius 3 is 2.22 bits per heavy atom. The highest BCUT2D eigenvalue weighted by molar-refractivity contribution is 5.83. The van der Waals surface area contributed by atoms with E-state index in [-0.39, 0.29) is 22.9 Å². The number of rotatable bonds is 3. The Bertz CT molecular complexity index is 1210. The van der Waals surface area contributed by atoms with E-state index in [1.807, 2.05) is 33.8 Å². The zero-order chi connectivity index (χ0) is 23.7. The molecule has 0 aliphatic heterocycles. The average molecular weight is 444 g/mol. The van der Waals surface area contributed by atoms with Crippen molar-refractivity contribution in [3.8, 4) is 23.1 Å². The Hall–Kier alpha value is -3.68. The zero-order valence-corrected chi connectivity index (χ0v) is 18.1. The lowest BCUT2D eigenvalue weighted by atomic mass is 10.1. The van der Waals surface area contributed by atoms with Crippen molar-refractivity contribution < 1.29 is 22.3 Å². The number of para-hydroxylation sites is 1. The third-order valence-electron chi connectivity index (χ3n) is 3.92. The van der Waals surface area contributed by atoms with Crippen LogP contribution in [0.5, 0.6) is 11.6 Å². The fraction of sp³-hybridized carbons (Fsp3) is 0.208. The Balaban J connectivity index is 0.000000860. The lowest BCUT2D eigenvalue weighted by Crippen LogP contribution is -2.13. The number of pyridine rings is 1. The van der Waals surface area contributed by atoms with E-state index in [1.165, 1.54) is 18.3 Å². The zero-order valence-electron chi connectivity index (χ0n) is 18.1. The van der Waals surface area contributed by atoms with Crippen LogP contribution in [0.25, 0.3) is 22.4 Å². The van der Waals surface area contributed by atoms with E-state index in [0.29, 0.717) is 5.75 Å². The van der Waals surface area contributed by atoms with Gasteiger partial charge in [0.2, 0.25) is 11.8 Å². The number of aromatic nitrogens is 2. The largest absolute Gasteiger partial charge is 0.438 e. The van der Waals surface area contributed by atoms with Gasteiger partial charge in [-0.3, -0.25) is 0 Å². The summed E-state index contributed by atoms with van der Waals surface area (Å²) in [5.74, 6) is 0.413. The molecule has 0 saturated heterocycles. The predicted octanol–water partition coefficient (Wildman–Crippen LogP) is 7.11. The Morgan fingerprint density at radius 2 is 1.56 bits per heavy atom. The second kappa shape index (κ2) is 11.1. The lowest BCUT2D eigenvalue weighted by molar-refractivity contribution is -0.136. The Morgan fingerprint density at radius 1 is 0.875 bits per heavy atom. The first kappa shape index (κ1) is 24.6. The number of hydrogen-bond acceptors (Lipinski definition) is 5. The lowest BCUT2D eigenvalue weighted by Gasteiger charge is -2.11. The summed E-state index contributed by atoms with van der Waals surface area (Å²) in [7, 11) is 0. The molecule has 0 radical (unpaired) electrons. The standard InChI is InChI=1S/C20H11F3N2O3.2C2H6/c21-20(22,23)14-9-4-10-15-16(14)19(26)28-18(25-15)13-8-5-11-24-17(13)27-12-6-2-1-3-7-12;2*1-2/h1-11H;2*1-2H3. The number of halogens is 3. The summed E-state index contributed by atoms with van der Waals surface area (Å²) in [5.41, 5.74) is -2.12. The molecule has 0 amide bonds. The van der Waals surface area contributed by atoms with Gasteiger partial charge in [-0.1, -0.05) is 52.0 Å². The molecule has 0 unspecified atom stereocenters. The summed E-state index contributed by atoms with van der Waals surface area (Å²) in [6.45, 7) is 8.00. The summed E-state index contributed by atoms with van der Waals surface area (Å²) in [5, 5.41) is -0.617. The number of hydrogen-bond donors (Lipinski definition) is 0. The second-order valence-electron chi connectivity index (χ2n) is 5.78. The Kier molecular flexibility index (Phi) is 8.52. The van der Waals surface area contributed by atoms with Crippen molar-refractivity contribution in [1.82, 2.24) is 9.97 Å². The molecule has 168 valence electrons. The molecule has 8 heteroatoms. The molecule has 2 aromatic heterocycles. The molecular formula is C24H23F3N2O3. The van der Waals surface area contributed by atoms with Crippen molar-refractivity contribution in [1.29, 1.82) is 0 Å². The highest BCUT2D eigenvalue weighted by Gasteiger charge is 2.34. The molecule has 0 spiro atoms. The van der Waals surface area contributed by atoms with Crippen LogP contribution in [0.1, 0.15) is 33.3 Å². The minimum Gasteiger partial charge on any atom is -0.438 e. The van der Waals surface area contributed by atoms with E-state index in [4.69, 9.17) is 9.15 Å². The van der Waals surface area contributed by atoms with E-state index in [1.54, 1.807) is 36.4 Å². The fourth-order valence-corrected chi connectivity index (χ4v) is 2.71. The first-order valence-electron chi connectivity index (χ1n) is 10.1. The molecule has 0 aliphatic carbocycles. The van der Waals surface area contributed by atoms with Gasteiger partial charge in [-0.2, -0.15) is 13.2 Å². The predicted molar refractivity (Wildman–Crippen MR) is 118 cm³/mol. The van der Waals surface area contributed by atoms with Crippen molar-refractivity contribution >= 4 is 10.9 Å². The second-order valence-corrected chi connectivity index (χ2v) is 5.78. The van der Waals surface area contributed by atoms with Gasteiger partial charge in [0, 0.05) is 6.20 Å². The Labute approximate surface area is 183 Å². The van der Waals surface area contributed by atoms with Gasteiger partial charge in [0.15, 0.2) is 0 Å². The molecular weight excluding hydrogens is 421 g/mol. The quantitative estimate of drug-likeness (QED) is 0.337. The highest BCUT2D eigenvalue weighted by Crippen LogP contribution is 2.34. The molecule has 4 aromatic rings. The van der Waals surface area contributed by atoms with Gasteiger partial charge < -0.3 is 9.15 Å². The van der Waals surface area contributed by atoms with Crippen LogP contribution in [0, 0.1) is 0 Å². The number of alkyl halides is 3. The number of benzene rings is 2. The average Bonchev–Trinajstić information content (AvgIpc) is 2.82. The third kappa shape index (κ3) is 5.51. The molecule has 4 rings (SSSR count). The van der Waals surface area contributed by atoms with Gasteiger partial charge in [0.05, 0.1) is 22.0 Å². The fourth-order valence-electron chi connectivity index (χ4n) is 2.71. The molecule has 2 heterocycles. The summed E-state index contributed by atoms with van der Waals surface area (Å²) in [6.07, 6.45) is -3.23. The van der Waals surface area contributed by atoms with E-state index < -0.39 is 22.8 Å². The summed E-state index contributed by atoms with van der Waals surface area (Å²) in [6, 6.07) is 15.2. The van der Waals surface area contributed by atoms with Gasteiger partial charge >= 0.3 is 11.8 Å². The van der Waals surface area contributed by atoms with Crippen molar-refractivity contribution in [2.24, 2.45) is 0 Å². The van der Waals surface area contributed by atoms with Crippen LogP contribution in [-0.2, 0) is 6.18 Å². The van der Waals surface area contributed by atoms with Crippen LogP contribution in [0.4, 0.5) is 13.2 Å². The maximum absolute atomic E-state index is 13.2. The van der Waals surface area contributed by atoms with Crippen LogP contribution >= 0.6 is 0 Å². The summed E-state index contributed by atoms with van der Waals surface area (Å²) >= 11 is 0. The van der Waals surface area contributed by atoms with Crippen LogP contribution < -0.4 is 10.4 Å². The molecule has 0 atom stereocenters. The minimum absolute atomic E-state index is 0.107. The maximum Gasteiger partial charge on any atom is 0.417 e. The summed E-state index contributed by atoms with van der Waals surface area (Å²) < 4.78 is 50.4. The molecule has 2 aromatic carbocycles. The van der Waals surface area contributed by atoms with E-state index >= 15 is 0 Å². The first-order valence-corrected chi connectivity index (χ1v) is 10.1. The molecule has 5 nitrogen and oxygen atoms in total. The van der Waals surface area contributed by atoms with Crippen molar-refractivity contribution in [3.05, 3.63) is 82.8 Å². The van der Waals surface area contributed by atoms with Crippen molar-refractivity contribution in [2.45, 2.75) is 33.9 Å². The van der Waals surface area contributed by atoms with Crippen molar-refractivity contribution in [2.75, 3.05) is 0 Å². The van der Waals surface area contributed by atoms with Crippen LogP contribution in [0.3, 0.4) is 0 Å². The highest BCUT2D eigenvalue weighted by atomic mass is 19.4. The maximum atomic E-state index is 13.2. The minimum atomic E-state index is -4.70. The van der Waals surface area contributed by atoms with Crippen LogP contribution in [0.2, 0.25) is 0 Å². The monoisotopic (exact) mass is 444 g/mol. The molecule has 0 saturated carbocycles. The summed E-state index contributed by atoms with van der Waals surface area (Å²) in [4.78, 5) is 20.6. The SMILES string of the molecule is CC.CC.O=c1oc(-c2cccnc2Oc2ccccc2)nc2cccc(C(F)(F)F)c12. The van der Waals surface area contributed by atoms with Gasteiger partial charge in [0.25, 0.3) is 0 Å². The van der Waals surface area contributed by atoms with Gasteiger partial charge in [0.1, 0.15) is 5.75 Å². The molecule has 0 N–H and O–H groups in total. The molecule has 32 heavy (non-hydrogen) atoms. The molecule has 0 aliphatic rings.